The fraction of sp³-hybridized carbons (Fsp3) is 0.667. The third kappa shape index (κ3) is 3.14. The molecule has 5 heteroatoms. The van der Waals surface area contributed by atoms with Gasteiger partial charge in [0.25, 0.3) is 0 Å². The van der Waals surface area contributed by atoms with Gasteiger partial charge in [0.2, 0.25) is 0 Å². The molecule has 1 aromatic heterocycles. The van der Waals surface area contributed by atoms with Crippen molar-refractivity contribution in [2.45, 2.75) is 25.9 Å². The van der Waals surface area contributed by atoms with Gasteiger partial charge >= 0.3 is 0 Å². The van der Waals surface area contributed by atoms with Crippen LogP contribution in [0.3, 0.4) is 0 Å². The van der Waals surface area contributed by atoms with E-state index in [0.29, 0.717) is 6.54 Å². The van der Waals surface area contributed by atoms with Crippen molar-refractivity contribution in [1.82, 2.24) is 9.97 Å². The van der Waals surface area contributed by atoms with Gasteiger partial charge in [0.1, 0.15) is 12.1 Å². The highest BCUT2D eigenvalue weighted by Crippen LogP contribution is 2.15. The average Bonchev–Trinajstić information content (AvgIpc) is 2.40. The lowest BCUT2D eigenvalue weighted by Crippen LogP contribution is -2.46. The number of hydrogen-bond donors (Lipinski definition) is 1. The van der Waals surface area contributed by atoms with E-state index in [-0.39, 0.29) is 6.10 Å². The van der Waals surface area contributed by atoms with Crippen LogP contribution in [0.5, 0.6) is 0 Å². The average molecular weight is 236 g/mol. The molecule has 0 bridgehead atoms. The molecule has 1 atom stereocenters. The van der Waals surface area contributed by atoms with Gasteiger partial charge in [-0.25, -0.2) is 9.97 Å². The van der Waals surface area contributed by atoms with Gasteiger partial charge < -0.3 is 15.4 Å². The minimum atomic E-state index is 0.119. The van der Waals surface area contributed by atoms with E-state index in [4.69, 9.17) is 10.5 Å². The van der Waals surface area contributed by atoms with Gasteiger partial charge in [-0.1, -0.05) is 13.3 Å². The Labute approximate surface area is 102 Å². The maximum Gasteiger partial charge on any atom is 0.132 e. The first-order valence-corrected chi connectivity index (χ1v) is 6.21. The highest BCUT2D eigenvalue weighted by Gasteiger charge is 2.20. The maximum absolute atomic E-state index is 5.64. The number of hydrogen-bond acceptors (Lipinski definition) is 5. The molecular formula is C12H20N4O. The molecule has 2 N–H and O–H groups in total. The number of nitrogens with two attached hydrogens (primary N) is 1. The second-order valence-corrected chi connectivity index (χ2v) is 4.29. The summed E-state index contributed by atoms with van der Waals surface area (Å²) in [5.74, 6) is 0.991. The van der Waals surface area contributed by atoms with E-state index in [1.165, 1.54) is 0 Å². The summed E-state index contributed by atoms with van der Waals surface area (Å²) >= 11 is 0. The summed E-state index contributed by atoms with van der Waals surface area (Å²) in [5, 5.41) is 0. The van der Waals surface area contributed by atoms with Crippen LogP contribution in [-0.2, 0) is 11.2 Å². The van der Waals surface area contributed by atoms with Crippen LogP contribution in [0, 0.1) is 0 Å². The molecule has 1 aliphatic rings. The Morgan fingerprint density at radius 3 is 3.18 bits per heavy atom. The summed E-state index contributed by atoms with van der Waals surface area (Å²) < 4.78 is 5.55. The van der Waals surface area contributed by atoms with Gasteiger partial charge in [-0.05, 0) is 6.42 Å². The van der Waals surface area contributed by atoms with Gasteiger partial charge in [0.15, 0.2) is 0 Å². The quantitative estimate of drug-likeness (QED) is 0.829. The van der Waals surface area contributed by atoms with E-state index in [1.54, 1.807) is 6.33 Å². The molecule has 1 saturated heterocycles. The third-order valence-corrected chi connectivity index (χ3v) is 2.94. The van der Waals surface area contributed by atoms with Crippen molar-refractivity contribution < 1.29 is 4.74 Å². The molecule has 17 heavy (non-hydrogen) atoms. The predicted molar refractivity (Wildman–Crippen MR) is 67.0 cm³/mol. The van der Waals surface area contributed by atoms with Crippen LogP contribution in [0.4, 0.5) is 5.82 Å². The van der Waals surface area contributed by atoms with Crippen LogP contribution in [-0.4, -0.2) is 42.3 Å². The maximum atomic E-state index is 5.64. The molecular weight excluding hydrogens is 216 g/mol. The summed E-state index contributed by atoms with van der Waals surface area (Å²) in [7, 11) is 0. The van der Waals surface area contributed by atoms with E-state index in [0.717, 1.165) is 44.0 Å². The van der Waals surface area contributed by atoms with Gasteiger partial charge in [0, 0.05) is 31.4 Å². The van der Waals surface area contributed by atoms with Crippen molar-refractivity contribution in [2.24, 2.45) is 5.73 Å². The highest BCUT2D eigenvalue weighted by atomic mass is 16.5. The Bertz CT molecular complexity index is 358. The van der Waals surface area contributed by atoms with E-state index >= 15 is 0 Å². The van der Waals surface area contributed by atoms with Crippen molar-refractivity contribution >= 4 is 5.82 Å². The zero-order chi connectivity index (χ0) is 12.1. The largest absolute Gasteiger partial charge is 0.373 e. The van der Waals surface area contributed by atoms with Crippen molar-refractivity contribution in [2.75, 3.05) is 31.1 Å². The number of aryl methyl sites for hydroxylation is 1. The molecule has 1 aromatic rings. The van der Waals surface area contributed by atoms with Crippen molar-refractivity contribution in [3.05, 3.63) is 18.1 Å². The molecule has 5 nitrogen and oxygen atoms in total. The minimum Gasteiger partial charge on any atom is -0.373 e. The third-order valence-electron chi connectivity index (χ3n) is 2.94. The molecule has 2 rings (SSSR count). The first-order valence-electron chi connectivity index (χ1n) is 6.21. The number of nitrogens with zero attached hydrogens (tertiary/aromatic N) is 3. The molecule has 0 saturated carbocycles. The van der Waals surface area contributed by atoms with Gasteiger partial charge in [-0.2, -0.15) is 0 Å². The molecule has 0 aromatic carbocycles. The lowest BCUT2D eigenvalue weighted by molar-refractivity contribution is 0.0463. The van der Waals surface area contributed by atoms with E-state index in [2.05, 4.69) is 27.9 Å². The topological polar surface area (TPSA) is 64.3 Å². The summed E-state index contributed by atoms with van der Waals surface area (Å²) in [4.78, 5) is 10.8. The lowest BCUT2D eigenvalue weighted by atomic mass is 10.2. The van der Waals surface area contributed by atoms with E-state index in [1.807, 2.05) is 0 Å². The van der Waals surface area contributed by atoms with Crippen LogP contribution < -0.4 is 10.6 Å². The summed E-state index contributed by atoms with van der Waals surface area (Å²) in [6.45, 7) is 5.12. The molecule has 1 unspecified atom stereocenters. The van der Waals surface area contributed by atoms with E-state index in [9.17, 15) is 0 Å². The Hall–Kier alpha value is -1.20. The van der Waals surface area contributed by atoms with Gasteiger partial charge in [-0.15, -0.1) is 0 Å². The minimum absolute atomic E-state index is 0.119. The predicted octanol–water partition coefficient (Wildman–Crippen LogP) is 0.593. The van der Waals surface area contributed by atoms with E-state index < -0.39 is 0 Å². The molecule has 2 heterocycles. The second-order valence-electron chi connectivity index (χ2n) is 4.29. The van der Waals surface area contributed by atoms with Crippen LogP contribution in [0.15, 0.2) is 12.4 Å². The summed E-state index contributed by atoms with van der Waals surface area (Å²) in [6.07, 6.45) is 3.87. The first kappa shape index (κ1) is 12.3. The van der Waals surface area contributed by atoms with Crippen molar-refractivity contribution in [3.8, 4) is 0 Å². The molecule has 0 aliphatic carbocycles. The number of aromatic nitrogens is 2. The molecule has 0 radical (unpaired) electrons. The number of rotatable bonds is 4. The SMILES string of the molecule is CCCc1cc(N2CCOC(CN)C2)ncn1. The van der Waals surface area contributed by atoms with Crippen LogP contribution in [0.2, 0.25) is 0 Å². The Kier molecular flexibility index (Phi) is 4.28. The zero-order valence-electron chi connectivity index (χ0n) is 10.3. The molecule has 94 valence electrons. The monoisotopic (exact) mass is 236 g/mol. The van der Waals surface area contributed by atoms with Crippen molar-refractivity contribution in [1.29, 1.82) is 0 Å². The number of morpholine rings is 1. The van der Waals surface area contributed by atoms with Crippen LogP contribution >= 0.6 is 0 Å². The lowest BCUT2D eigenvalue weighted by Gasteiger charge is -2.33. The van der Waals surface area contributed by atoms with Crippen LogP contribution in [0.1, 0.15) is 19.0 Å². The fourth-order valence-electron chi connectivity index (χ4n) is 2.02. The van der Waals surface area contributed by atoms with Crippen molar-refractivity contribution in [3.63, 3.8) is 0 Å². The number of ether oxygens (including phenoxy) is 1. The Morgan fingerprint density at radius 1 is 1.53 bits per heavy atom. The molecule has 1 fully saturated rings. The normalized spacial score (nSPS) is 20.6. The van der Waals surface area contributed by atoms with Gasteiger partial charge in [0.05, 0.1) is 12.7 Å². The standard InChI is InChI=1S/C12H20N4O/c1-2-3-10-6-12(15-9-14-10)16-4-5-17-11(7-13)8-16/h6,9,11H,2-5,7-8,13H2,1H3. The molecule has 0 spiro atoms. The fourth-order valence-corrected chi connectivity index (χ4v) is 2.02. The summed E-state index contributed by atoms with van der Waals surface area (Å²) in [6, 6.07) is 2.07. The summed E-state index contributed by atoms with van der Waals surface area (Å²) in [5.41, 5.74) is 6.74. The Morgan fingerprint density at radius 2 is 2.41 bits per heavy atom. The van der Waals surface area contributed by atoms with Crippen LogP contribution in [0.25, 0.3) is 0 Å². The number of anilines is 1. The second kappa shape index (κ2) is 5.93. The molecule has 1 aliphatic heterocycles. The molecule has 0 amide bonds. The smallest absolute Gasteiger partial charge is 0.132 e. The Balaban J connectivity index is 2.07. The zero-order valence-corrected chi connectivity index (χ0v) is 10.3. The first-order chi connectivity index (χ1) is 8.33. The highest BCUT2D eigenvalue weighted by molar-refractivity contribution is 5.39. The van der Waals surface area contributed by atoms with Gasteiger partial charge in [-0.3, -0.25) is 0 Å².